The zero-order chi connectivity index (χ0) is 10.2. The first-order valence-electron chi connectivity index (χ1n) is 5.56. The Morgan fingerprint density at radius 1 is 1.14 bits per heavy atom. The van der Waals surface area contributed by atoms with Crippen LogP contribution in [0.1, 0.15) is 51.2 Å². The fourth-order valence-electron chi connectivity index (χ4n) is 1.57. The topological polar surface area (TPSA) is 13.1 Å². The van der Waals surface area contributed by atoms with Gasteiger partial charge < -0.3 is 4.42 Å². The number of hydrogen-bond donors (Lipinski definition) is 0. The van der Waals surface area contributed by atoms with Crippen molar-refractivity contribution in [3.8, 4) is 0 Å². The summed E-state index contributed by atoms with van der Waals surface area (Å²) in [5.41, 5.74) is 0. The highest BCUT2D eigenvalue weighted by atomic mass is 79.9. The summed E-state index contributed by atoms with van der Waals surface area (Å²) >= 11 is 3.47. The third-order valence-corrected chi connectivity index (χ3v) is 3.16. The van der Waals surface area contributed by atoms with Crippen molar-refractivity contribution < 1.29 is 4.42 Å². The molecule has 0 aromatic carbocycles. The maximum absolute atomic E-state index is 5.35. The van der Waals surface area contributed by atoms with Crippen LogP contribution in [0.3, 0.4) is 0 Å². The normalized spacial score (nSPS) is 10.7. The van der Waals surface area contributed by atoms with E-state index in [0.717, 1.165) is 16.7 Å². The molecule has 0 aliphatic heterocycles. The van der Waals surface area contributed by atoms with Crippen LogP contribution in [-0.2, 0) is 6.42 Å². The second-order valence-electron chi connectivity index (χ2n) is 3.71. The van der Waals surface area contributed by atoms with Crippen molar-refractivity contribution in [3.63, 3.8) is 0 Å². The van der Waals surface area contributed by atoms with E-state index < -0.39 is 0 Å². The van der Waals surface area contributed by atoms with Gasteiger partial charge in [0.15, 0.2) is 0 Å². The molecule has 0 saturated carbocycles. The minimum atomic E-state index is 1.07. The Bertz CT molecular complexity index is 242. The van der Waals surface area contributed by atoms with E-state index in [4.69, 9.17) is 4.42 Å². The number of halogens is 1. The van der Waals surface area contributed by atoms with Gasteiger partial charge in [-0.25, -0.2) is 0 Å². The predicted octanol–water partition coefficient (Wildman–Crippen LogP) is 4.95. The third-order valence-electron chi connectivity index (χ3n) is 2.45. The lowest BCUT2D eigenvalue weighted by atomic mass is 10.1. The van der Waals surface area contributed by atoms with E-state index in [2.05, 4.69) is 22.9 Å². The molecule has 1 rings (SSSR count). The Morgan fingerprint density at radius 2 is 1.86 bits per heavy atom. The van der Waals surface area contributed by atoms with E-state index in [1.165, 1.54) is 38.5 Å². The molecular weight excluding hydrogens is 240 g/mol. The zero-order valence-electron chi connectivity index (χ0n) is 8.89. The van der Waals surface area contributed by atoms with Gasteiger partial charge in [0.2, 0.25) is 0 Å². The van der Waals surface area contributed by atoms with Crippen LogP contribution in [0.15, 0.2) is 21.2 Å². The smallest absolute Gasteiger partial charge is 0.117 e. The van der Waals surface area contributed by atoms with Crippen LogP contribution in [-0.4, -0.2) is 0 Å². The molecule has 1 aromatic heterocycles. The van der Waals surface area contributed by atoms with Gasteiger partial charge in [0.1, 0.15) is 5.76 Å². The molecule has 0 unspecified atom stereocenters. The molecule has 0 fully saturated rings. The third kappa shape index (κ3) is 4.32. The molecule has 0 N–H and O–H groups in total. The molecule has 80 valence electrons. The average molecular weight is 259 g/mol. The van der Waals surface area contributed by atoms with Gasteiger partial charge in [-0.1, -0.05) is 39.0 Å². The fraction of sp³-hybridized carbons (Fsp3) is 0.667. The van der Waals surface area contributed by atoms with Crippen molar-refractivity contribution in [2.75, 3.05) is 0 Å². The van der Waals surface area contributed by atoms with Gasteiger partial charge in [-0.05, 0) is 28.4 Å². The summed E-state index contributed by atoms with van der Waals surface area (Å²) in [5, 5.41) is 0. The highest BCUT2D eigenvalue weighted by Crippen LogP contribution is 2.20. The predicted molar refractivity (Wildman–Crippen MR) is 63.5 cm³/mol. The van der Waals surface area contributed by atoms with Crippen LogP contribution < -0.4 is 0 Å². The molecule has 0 radical (unpaired) electrons. The minimum absolute atomic E-state index is 1.07. The van der Waals surface area contributed by atoms with Crippen LogP contribution in [0.25, 0.3) is 0 Å². The summed E-state index contributed by atoms with van der Waals surface area (Å²) in [6.07, 6.45) is 10.8. The molecule has 0 saturated heterocycles. The zero-order valence-corrected chi connectivity index (χ0v) is 10.5. The van der Waals surface area contributed by atoms with Crippen LogP contribution in [0, 0.1) is 0 Å². The Morgan fingerprint density at radius 3 is 2.50 bits per heavy atom. The van der Waals surface area contributed by atoms with Gasteiger partial charge in [0.25, 0.3) is 0 Å². The van der Waals surface area contributed by atoms with E-state index in [1.807, 2.05) is 6.07 Å². The molecule has 1 heterocycles. The van der Waals surface area contributed by atoms with Crippen molar-refractivity contribution in [3.05, 3.63) is 22.6 Å². The number of rotatable bonds is 7. The van der Waals surface area contributed by atoms with Crippen molar-refractivity contribution in [1.82, 2.24) is 0 Å². The van der Waals surface area contributed by atoms with E-state index >= 15 is 0 Å². The summed E-state index contributed by atoms with van der Waals surface area (Å²) in [4.78, 5) is 0. The number of hydrogen-bond acceptors (Lipinski definition) is 1. The highest BCUT2D eigenvalue weighted by molar-refractivity contribution is 9.10. The molecule has 0 aliphatic rings. The lowest BCUT2D eigenvalue weighted by Gasteiger charge is -1.99. The quantitative estimate of drug-likeness (QED) is 0.632. The molecule has 0 bridgehead atoms. The summed E-state index contributed by atoms with van der Waals surface area (Å²) in [6, 6.07) is 1.96. The first-order valence-corrected chi connectivity index (χ1v) is 6.35. The van der Waals surface area contributed by atoms with Crippen LogP contribution in [0.5, 0.6) is 0 Å². The van der Waals surface area contributed by atoms with E-state index in [1.54, 1.807) is 6.26 Å². The van der Waals surface area contributed by atoms with Crippen molar-refractivity contribution >= 4 is 15.9 Å². The lowest BCUT2D eigenvalue weighted by molar-refractivity contribution is 0.489. The Kier molecular flexibility index (Phi) is 6.00. The first-order chi connectivity index (χ1) is 6.84. The Balaban J connectivity index is 2.02. The summed E-state index contributed by atoms with van der Waals surface area (Å²) in [6.45, 7) is 2.25. The summed E-state index contributed by atoms with van der Waals surface area (Å²) < 4.78 is 6.46. The Labute approximate surface area is 95.0 Å². The molecule has 0 atom stereocenters. The number of aryl methyl sites for hydroxylation is 1. The molecule has 0 amide bonds. The summed E-state index contributed by atoms with van der Waals surface area (Å²) in [7, 11) is 0. The van der Waals surface area contributed by atoms with Crippen LogP contribution >= 0.6 is 15.9 Å². The average Bonchev–Trinajstić information content (AvgIpc) is 2.58. The SMILES string of the molecule is CCCCCCCCc1occc1Br. The van der Waals surface area contributed by atoms with Gasteiger partial charge >= 0.3 is 0 Å². The lowest BCUT2D eigenvalue weighted by Crippen LogP contribution is -1.84. The minimum Gasteiger partial charge on any atom is -0.468 e. The molecule has 14 heavy (non-hydrogen) atoms. The highest BCUT2D eigenvalue weighted by Gasteiger charge is 2.01. The maximum atomic E-state index is 5.35. The standard InChI is InChI=1S/C12H19BrO/c1-2-3-4-5-6-7-8-12-11(13)9-10-14-12/h9-10H,2-8H2,1H3. The Hall–Kier alpha value is -0.240. The molecule has 2 heteroatoms. The van der Waals surface area contributed by atoms with Gasteiger partial charge in [-0.15, -0.1) is 0 Å². The van der Waals surface area contributed by atoms with E-state index in [0.29, 0.717) is 0 Å². The second-order valence-corrected chi connectivity index (χ2v) is 4.56. The van der Waals surface area contributed by atoms with Crippen molar-refractivity contribution in [2.45, 2.75) is 51.9 Å². The fourth-order valence-corrected chi connectivity index (χ4v) is 1.97. The molecule has 0 spiro atoms. The van der Waals surface area contributed by atoms with Gasteiger partial charge in [0, 0.05) is 6.42 Å². The number of furan rings is 1. The molecule has 1 aromatic rings. The van der Waals surface area contributed by atoms with E-state index in [9.17, 15) is 0 Å². The number of unbranched alkanes of at least 4 members (excludes halogenated alkanes) is 5. The summed E-state index contributed by atoms with van der Waals surface area (Å²) in [5.74, 6) is 1.10. The largest absolute Gasteiger partial charge is 0.468 e. The molecule has 0 aliphatic carbocycles. The van der Waals surface area contributed by atoms with Crippen molar-refractivity contribution in [2.24, 2.45) is 0 Å². The molecule has 1 nitrogen and oxygen atoms in total. The monoisotopic (exact) mass is 258 g/mol. The second kappa shape index (κ2) is 7.10. The van der Waals surface area contributed by atoms with Gasteiger partial charge in [-0.2, -0.15) is 0 Å². The van der Waals surface area contributed by atoms with E-state index in [-0.39, 0.29) is 0 Å². The first kappa shape index (κ1) is 11.8. The maximum Gasteiger partial charge on any atom is 0.117 e. The van der Waals surface area contributed by atoms with Crippen LogP contribution in [0.4, 0.5) is 0 Å². The van der Waals surface area contributed by atoms with Gasteiger partial charge in [0.05, 0.1) is 10.7 Å². The van der Waals surface area contributed by atoms with Crippen LogP contribution in [0.2, 0.25) is 0 Å². The molecular formula is C12H19BrO. The van der Waals surface area contributed by atoms with Gasteiger partial charge in [-0.3, -0.25) is 0 Å². The van der Waals surface area contributed by atoms with Crippen molar-refractivity contribution in [1.29, 1.82) is 0 Å².